The first-order valence-electron chi connectivity index (χ1n) is 6.23. The Hall–Kier alpha value is -1.33. The minimum Gasteiger partial charge on any atom is -0.299 e. The summed E-state index contributed by atoms with van der Waals surface area (Å²) in [5, 5.41) is 2.89. The number of aliphatic imine (C=N–C) groups is 1. The van der Waals surface area contributed by atoms with E-state index in [1.54, 1.807) is 6.21 Å². The van der Waals surface area contributed by atoms with Crippen LogP contribution in [-0.4, -0.2) is 61.8 Å². The molecule has 1 saturated heterocycles. The summed E-state index contributed by atoms with van der Waals surface area (Å²) in [4.78, 5) is 18.8. The summed E-state index contributed by atoms with van der Waals surface area (Å²) in [6.07, 6.45) is 1.78. The van der Waals surface area contributed by atoms with Crippen molar-refractivity contribution in [3.63, 3.8) is 0 Å². The molecule has 0 aromatic carbocycles. The third-order valence-electron chi connectivity index (χ3n) is 2.87. The lowest BCUT2D eigenvalue weighted by Crippen LogP contribution is -2.47. The number of hydrogen-bond acceptors (Lipinski definition) is 5. The van der Waals surface area contributed by atoms with Gasteiger partial charge in [0.25, 0.3) is 0 Å². The third kappa shape index (κ3) is 5.84. The Morgan fingerprint density at radius 1 is 1.22 bits per heavy atom. The van der Waals surface area contributed by atoms with Crippen molar-refractivity contribution in [1.82, 2.24) is 9.80 Å². The summed E-state index contributed by atoms with van der Waals surface area (Å²) in [5.74, 6) is 0. The zero-order valence-electron chi connectivity index (χ0n) is 11.1. The minimum atomic E-state index is 0.387. The fourth-order valence-corrected chi connectivity index (χ4v) is 1.88. The first-order valence-corrected chi connectivity index (χ1v) is 6.23. The first kappa shape index (κ1) is 14.7. The van der Waals surface area contributed by atoms with Crippen LogP contribution in [0.15, 0.2) is 34.6 Å². The fourth-order valence-electron chi connectivity index (χ4n) is 1.88. The molecule has 0 bridgehead atoms. The van der Waals surface area contributed by atoms with Crippen LogP contribution in [0.4, 0.5) is 0 Å². The van der Waals surface area contributed by atoms with Gasteiger partial charge in [-0.25, -0.2) is 0 Å². The summed E-state index contributed by atoms with van der Waals surface area (Å²) in [6, 6.07) is 0. The Bertz CT molecular complexity index is 330. The zero-order valence-corrected chi connectivity index (χ0v) is 11.1. The molecule has 1 rings (SSSR count). The van der Waals surface area contributed by atoms with E-state index in [1.807, 2.05) is 6.92 Å². The molecular formula is C13H22N4O. The van der Waals surface area contributed by atoms with Gasteiger partial charge in [0.2, 0.25) is 0 Å². The monoisotopic (exact) mass is 250 g/mol. The van der Waals surface area contributed by atoms with Crippen LogP contribution in [0.25, 0.3) is 0 Å². The van der Waals surface area contributed by atoms with Crippen molar-refractivity contribution in [2.45, 2.75) is 6.92 Å². The number of nitroso groups, excluding NO2 is 1. The Morgan fingerprint density at radius 2 is 1.83 bits per heavy atom. The highest BCUT2D eigenvalue weighted by molar-refractivity contribution is 5.78. The van der Waals surface area contributed by atoms with Gasteiger partial charge in [0, 0.05) is 51.2 Å². The summed E-state index contributed by atoms with van der Waals surface area (Å²) in [6.45, 7) is 15.5. The predicted molar refractivity (Wildman–Crippen MR) is 76.0 cm³/mol. The van der Waals surface area contributed by atoms with Crippen molar-refractivity contribution in [2.24, 2.45) is 10.2 Å². The highest BCUT2D eigenvalue weighted by Gasteiger charge is 2.16. The summed E-state index contributed by atoms with van der Waals surface area (Å²) in [7, 11) is 0. The molecule has 0 atom stereocenters. The van der Waals surface area contributed by atoms with Crippen molar-refractivity contribution in [3.8, 4) is 0 Å². The summed E-state index contributed by atoms with van der Waals surface area (Å²) < 4.78 is 0. The smallest absolute Gasteiger partial charge is 0.0938 e. The zero-order chi connectivity index (χ0) is 13.4. The van der Waals surface area contributed by atoms with Crippen LogP contribution in [0, 0.1) is 4.91 Å². The SMILES string of the molecule is C=C(C=NC(=C)C)CN1CCN(CCN=O)CC1. The maximum absolute atomic E-state index is 10.1. The molecule has 0 aliphatic carbocycles. The Balaban J connectivity index is 2.24. The molecule has 1 aliphatic rings. The van der Waals surface area contributed by atoms with Gasteiger partial charge >= 0.3 is 0 Å². The number of nitrogens with zero attached hydrogens (tertiary/aromatic N) is 4. The Morgan fingerprint density at radius 3 is 2.39 bits per heavy atom. The average molecular weight is 250 g/mol. The van der Waals surface area contributed by atoms with E-state index in [0.717, 1.165) is 50.5 Å². The molecule has 5 nitrogen and oxygen atoms in total. The number of piperazine rings is 1. The molecule has 1 heterocycles. The maximum Gasteiger partial charge on any atom is 0.0938 e. The highest BCUT2D eigenvalue weighted by Crippen LogP contribution is 2.04. The van der Waals surface area contributed by atoms with Gasteiger partial charge in [-0.3, -0.25) is 14.8 Å². The van der Waals surface area contributed by atoms with Crippen LogP contribution in [0.2, 0.25) is 0 Å². The molecule has 0 spiro atoms. The predicted octanol–water partition coefficient (Wildman–Crippen LogP) is 1.53. The van der Waals surface area contributed by atoms with Gasteiger partial charge in [-0.2, -0.15) is 4.91 Å². The van der Waals surface area contributed by atoms with E-state index in [0.29, 0.717) is 6.54 Å². The van der Waals surface area contributed by atoms with Gasteiger partial charge in [0.15, 0.2) is 0 Å². The topological polar surface area (TPSA) is 48.3 Å². The van der Waals surface area contributed by atoms with Gasteiger partial charge in [0.05, 0.1) is 6.54 Å². The van der Waals surface area contributed by atoms with Crippen LogP contribution >= 0.6 is 0 Å². The third-order valence-corrected chi connectivity index (χ3v) is 2.87. The molecule has 1 fully saturated rings. The molecule has 0 aromatic heterocycles. The summed E-state index contributed by atoms with van der Waals surface area (Å²) >= 11 is 0. The standard InChI is InChI=1S/C13H22N4O/c1-12(2)14-10-13(3)11-17-8-6-16(7-9-17)5-4-15-18/h10H,1,3-9,11H2,2H3. The first-order chi connectivity index (χ1) is 8.61. The highest BCUT2D eigenvalue weighted by atomic mass is 16.3. The Kier molecular flexibility index (Phi) is 6.46. The van der Waals surface area contributed by atoms with Crippen LogP contribution in [0.1, 0.15) is 6.92 Å². The molecule has 0 saturated carbocycles. The normalized spacial score (nSPS) is 18.1. The second-order valence-corrected chi connectivity index (χ2v) is 4.62. The van der Waals surface area contributed by atoms with Gasteiger partial charge < -0.3 is 0 Å². The van der Waals surface area contributed by atoms with Crippen molar-refractivity contribution in [3.05, 3.63) is 29.3 Å². The van der Waals surface area contributed by atoms with Crippen molar-refractivity contribution in [2.75, 3.05) is 45.8 Å². The van der Waals surface area contributed by atoms with Crippen LogP contribution in [0.5, 0.6) is 0 Å². The lowest BCUT2D eigenvalue weighted by molar-refractivity contribution is 0.144. The van der Waals surface area contributed by atoms with Crippen molar-refractivity contribution >= 4 is 6.21 Å². The van der Waals surface area contributed by atoms with Crippen molar-refractivity contribution < 1.29 is 0 Å². The molecule has 0 amide bonds. The van der Waals surface area contributed by atoms with Gasteiger partial charge in [-0.1, -0.05) is 18.3 Å². The van der Waals surface area contributed by atoms with Crippen molar-refractivity contribution in [1.29, 1.82) is 0 Å². The van der Waals surface area contributed by atoms with E-state index >= 15 is 0 Å². The molecular weight excluding hydrogens is 228 g/mol. The van der Waals surface area contributed by atoms with E-state index in [1.165, 1.54) is 0 Å². The van der Waals surface area contributed by atoms with E-state index in [4.69, 9.17) is 0 Å². The van der Waals surface area contributed by atoms with E-state index in [9.17, 15) is 4.91 Å². The molecule has 100 valence electrons. The molecule has 5 heteroatoms. The van der Waals surface area contributed by atoms with Gasteiger partial charge in [-0.05, 0) is 12.5 Å². The quantitative estimate of drug-likeness (QED) is 0.508. The lowest BCUT2D eigenvalue weighted by atomic mass is 10.2. The second kappa shape index (κ2) is 7.89. The largest absolute Gasteiger partial charge is 0.299 e. The van der Waals surface area contributed by atoms with E-state index in [-0.39, 0.29) is 0 Å². The number of rotatable bonds is 7. The number of hydrogen-bond donors (Lipinski definition) is 0. The number of allylic oxidation sites excluding steroid dienone is 1. The van der Waals surface area contributed by atoms with Gasteiger partial charge in [0.1, 0.15) is 0 Å². The van der Waals surface area contributed by atoms with E-state index < -0.39 is 0 Å². The van der Waals surface area contributed by atoms with E-state index in [2.05, 4.69) is 33.1 Å². The second-order valence-electron chi connectivity index (χ2n) is 4.62. The molecule has 18 heavy (non-hydrogen) atoms. The van der Waals surface area contributed by atoms with Crippen LogP contribution < -0.4 is 0 Å². The molecule has 0 aromatic rings. The van der Waals surface area contributed by atoms with Crippen LogP contribution in [0.3, 0.4) is 0 Å². The average Bonchev–Trinajstić information content (AvgIpc) is 2.35. The molecule has 1 aliphatic heterocycles. The summed E-state index contributed by atoms with van der Waals surface area (Å²) in [5.41, 5.74) is 1.79. The molecule has 0 radical (unpaired) electrons. The Labute approximate surface area is 109 Å². The fraction of sp³-hybridized carbons (Fsp3) is 0.615. The molecule has 0 N–H and O–H groups in total. The van der Waals surface area contributed by atoms with Crippen LogP contribution in [-0.2, 0) is 0 Å². The lowest BCUT2D eigenvalue weighted by Gasteiger charge is -2.34. The maximum atomic E-state index is 10.1. The van der Waals surface area contributed by atoms with Gasteiger partial charge in [-0.15, -0.1) is 0 Å². The molecule has 0 unspecified atom stereocenters. The minimum absolute atomic E-state index is 0.387.